The van der Waals surface area contributed by atoms with Gasteiger partial charge in [-0.15, -0.1) is 0 Å². The highest BCUT2D eigenvalue weighted by Crippen LogP contribution is 2.33. The van der Waals surface area contributed by atoms with Crippen LogP contribution in [0.2, 0.25) is 0 Å². The highest BCUT2D eigenvalue weighted by atomic mass is 79.9. The molecule has 24 heavy (non-hydrogen) atoms. The first kappa shape index (κ1) is 17.5. The van der Waals surface area contributed by atoms with Gasteiger partial charge in [-0.05, 0) is 67.1 Å². The molecular weight excluding hydrogens is 386 g/mol. The fraction of sp³-hybridized carbons (Fsp3) is 0.368. The van der Waals surface area contributed by atoms with Crippen LogP contribution in [0.5, 0.6) is 0 Å². The van der Waals surface area contributed by atoms with Crippen molar-refractivity contribution in [2.75, 3.05) is 4.72 Å². The van der Waals surface area contributed by atoms with Crippen molar-refractivity contribution in [3.05, 3.63) is 58.1 Å². The lowest BCUT2D eigenvalue weighted by atomic mass is 9.84. The summed E-state index contributed by atoms with van der Waals surface area (Å²) in [6.45, 7) is 1.88. The standard InChI is InChI=1S/C19H22BrNO2S/c1-14-13-17(20)9-12-19(14)21-24(22,23)18-10-7-16(8-11-18)15-5-3-2-4-6-15/h7-13,15,21H,2-6H2,1H3. The number of hydrogen-bond acceptors (Lipinski definition) is 2. The number of sulfonamides is 1. The van der Waals surface area contributed by atoms with E-state index in [9.17, 15) is 8.42 Å². The van der Waals surface area contributed by atoms with Crippen LogP contribution in [0, 0.1) is 6.92 Å². The molecule has 5 heteroatoms. The normalized spacial score (nSPS) is 16.1. The minimum atomic E-state index is -3.56. The number of benzene rings is 2. The third-order valence-electron chi connectivity index (χ3n) is 4.70. The Morgan fingerprint density at radius 2 is 1.67 bits per heavy atom. The lowest BCUT2D eigenvalue weighted by molar-refractivity contribution is 0.443. The summed E-state index contributed by atoms with van der Waals surface area (Å²) in [7, 11) is -3.56. The Balaban J connectivity index is 1.79. The van der Waals surface area contributed by atoms with Gasteiger partial charge in [-0.2, -0.15) is 0 Å². The van der Waals surface area contributed by atoms with Crippen molar-refractivity contribution in [1.29, 1.82) is 0 Å². The summed E-state index contributed by atoms with van der Waals surface area (Å²) in [6, 6.07) is 12.9. The van der Waals surface area contributed by atoms with Gasteiger partial charge in [-0.1, -0.05) is 47.3 Å². The zero-order valence-electron chi connectivity index (χ0n) is 13.8. The molecule has 1 saturated carbocycles. The molecule has 2 aromatic rings. The second-order valence-electron chi connectivity index (χ2n) is 6.47. The van der Waals surface area contributed by atoms with Crippen LogP contribution in [0.1, 0.15) is 49.1 Å². The molecule has 1 aliphatic rings. The Hall–Kier alpha value is -1.33. The van der Waals surface area contributed by atoms with E-state index >= 15 is 0 Å². The Bertz CT molecular complexity index is 810. The molecule has 0 radical (unpaired) electrons. The molecule has 0 aliphatic heterocycles. The zero-order valence-corrected chi connectivity index (χ0v) is 16.2. The summed E-state index contributed by atoms with van der Waals surface area (Å²) in [6.07, 6.45) is 6.29. The molecular formula is C19H22BrNO2S. The van der Waals surface area contributed by atoms with Crippen LogP contribution in [0.3, 0.4) is 0 Å². The maximum absolute atomic E-state index is 12.6. The van der Waals surface area contributed by atoms with E-state index in [0.717, 1.165) is 10.0 Å². The number of aryl methyl sites for hydroxylation is 1. The third-order valence-corrected chi connectivity index (χ3v) is 6.57. The minimum absolute atomic E-state index is 0.310. The molecule has 0 bridgehead atoms. The van der Waals surface area contributed by atoms with Gasteiger partial charge in [0, 0.05) is 4.47 Å². The van der Waals surface area contributed by atoms with Crippen LogP contribution in [0.4, 0.5) is 5.69 Å². The van der Waals surface area contributed by atoms with Gasteiger partial charge >= 0.3 is 0 Å². The topological polar surface area (TPSA) is 46.2 Å². The smallest absolute Gasteiger partial charge is 0.261 e. The highest BCUT2D eigenvalue weighted by molar-refractivity contribution is 9.10. The van der Waals surface area contributed by atoms with Gasteiger partial charge in [0.1, 0.15) is 0 Å². The van der Waals surface area contributed by atoms with E-state index in [0.29, 0.717) is 16.5 Å². The molecule has 3 nitrogen and oxygen atoms in total. The molecule has 128 valence electrons. The van der Waals surface area contributed by atoms with Crippen molar-refractivity contribution in [3.8, 4) is 0 Å². The van der Waals surface area contributed by atoms with Gasteiger partial charge < -0.3 is 0 Å². The molecule has 0 spiro atoms. The Labute approximate surface area is 152 Å². The van der Waals surface area contributed by atoms with Crippen molar-refractivity contribution in [2.24, 2.45) is 0 Å². The van der Waals surface area contributed by atoms with Gasteiger partial charge in [-0.3, -0.25) is 4.72 Å². The first-order valence-electron chi connectivity index (χ1n) is 8.35. The van der Waals surface area contributed by atoms with Crippen LogP contribution < -0.4 is 4.72 Å². The van der Waals surface area contributed by atoms with Gasteiger partial charge in [0.25, 0.3) is 10.0 Å². The first-order chi connectivity index (χ1) is 11.5. The van der Waals surface area contributed by atoms with Gasteiger partial charge in [0.05, 0.1) is 10.6 Å². The molecule has 3 rings (SSSR count). The van der Waals surface area contributed by atoms with E-state index in [1.807, 2.05) is 31.2 Å². The van der Waals surface area contributed by atoms with E-state index in [1.165, 1.54) is 37.7 Å². The van der Waals surface area contributed by atoms with Crippen molar-refractivity contribution < 1.29 is 8.42 Å². The SMILES string of the molecule is Cc1cc(Br)ccc1NS(=O)(=O)c1ccc(C2CCCCC2)cc1. The van der Waals surface area contributed by atoms with E-state index in [4.69, 9.17) is 0 Å². The summed E-state index contributed by atoms with van der Waals surface area (Å²) in [5, 5.41) is 0. The zero-order chi connectivity index (χ0) is 17.2. The molecule has 0 atom stereocenters. The van der Waals surface area contributed by atoms with Crippen molar-refractivity contribution >= 4 is 31.6 Å². The van der Waals surface area contributed by atoms with Crippen LogP contribution in [-0.4, -0.2) is 8.42 Å². The molecule has 1 N–H and O–H groups in total. The number of nitrogens with one attached hydrogen (secondary N) is 1. The lowest BCUT2D eigenvalue weighted by Gasteiger charge is -2.22. The van der Waals surface area contributed by atoms with Gasteiger partial charge in [0.15, 0.2) is 0 Å². The summed E-state index contributed by atoms with van der Waals surface area (Å²) < 4.78 is 28.8. The van der Waals surface area contributed by atoms with Crippen LogP contribution in [0.15, 0.2) is 51.8 Å². The quantitative estimate of drug-likeness (QED) is 0.715. The fourth-order valence-corrected chi connectivity index (χ4v) is 4.91. The van der Waals surface area contributed by atoms with Crippen LogP contribution in [0.25, 0.3) is 0 Å². The lowest BCUT2D eigenvalue weighted by Crippen LogP contribution is -2.14. The number of anilines is 1. The van der Waals surface area contributed by atoms with E-state index in [1.54, 1.807) is 18.2 Å². The molecule has 0 heterocycles. The number of halogens is 1. The molecule has 0 aromatic heterocycles. The second kappa shape index (κ2) is 7.28. The van der Waals surface area contributed by atoms with Crippen LogP contribution in [-0.2, 0) is 10.0 Å². The third kappa shape index (κ3) is 4.01. The molecule has 0 amide bonds. The van der Waals surface area contributed by atoms with E-state index in [2.05, 4.69) is 20.7 Å². The number of hydrogen-bond donors (Lipinski definition) is 1. The maximum atomic E-state index is 12.6. The monoisotopic (exact) mass is 407 g/mol. The van der Waals surface area contributed by atoms with E-state index < -0.39 is 10.0 Å². The Morgan fingerprint density at radius 3 is 2.29 bits per heavy atom. The fourth-order valence-electron chi connectivity index (χ4n) is 3.30. The molecule has 1 fully saturated rings. The summed E-state index contributed by atoms with van der Waals surface area (Å²) in [4.78, 5) is 0.310. The predicted octanol–water partition coefficient (Wildman–Crippen LogP) is 5.61. The highest BCUT2D eigenvalue weighted by Gasteiger charge is 2.18. The van der Waals surface area contributed by atoms with Crippen molar-refractivity contribution in [2.45, 2.75) is 49.8 Å². The van der Waals surface area contributed by atoms with Crippen molar-refractivity contribution in [3.63, 3.8) is 0 Å². The van der Waals surface area contributed by atoms with Crippen molar-refractivity contribution in [1.82, 2.24) is 0 Å². The van der Waals surface area contributed by atoms with Gasteiger partial charge in [0.2, 0.25) is 0 Å². The molecule has 0 saturated heterocycles. The average molecular weight is 408 g/mol. The largest absolute Gasteiger partial charge is 0.279 e. The van der Waals surface area contributed by atoms with Gasteiger partial charge in [-0.25, -0.2) is 8.42 Å². The van der Waals surface area contributed by atoms with Crippen LogP contribution >= 0.6 is 15.9 Å². The Kier molecular flexibility index (Phi) is 5.30. The average Bonchev–Trinajstić information content (AvgIpc) is 2.58. The summed E-state index contributed by atoms with van der Waals surface area (Å²) >= 11 is 3.39. The molecule has 2 aromatic carbocycles. The van der Waals surface area contributed by atoms with E-state index in [-0.39, 0.29) is 0 Å². The Morgan fingerprint density at radius 1 is 1.00 bits per heavy atom. The molecule has 1 aliphatic carbocycles. The minimum Gasteiger partial charge on any atom is -0.279 e. The summed E-state index contributed by atoms with van der Waals surface area (Å²) in [5.41, 5.74) is 2.75. The summed E-state index contributed by atoms with van der Waals surface area (Å²) in [5.74, 6) is 0.581. The molecule has 0 unspecified atom stereocenters. The predicted molar refractivity (Wildman–Crippen MR) is 102 cm³/mol. The number of rotatable bonds is 4. The first-order valence-corrected chi connectivity index (χ1v) is 10.6. The maximum Gasteiger partial charge on any atom is 0.261 e. The second-order valence-corrected chi connectivity index (χ2v) is 9.07.